The van der Waals surface area contributed by atoms with Gasteiger partial charge >= 0.3 is 5.97 Å². The van der Waals surface area contributed by atoms with Crippen LogP contribution >= 0.6 is 11.6 Å². The fraction of sp³-hybridized carbons (Fsp3) is 0.417. The van der Waals surface area contributed by atoms with Gasteiger partial charge in [-0.15, -0.1) is 5.10 Å². The lowest BCUT2D eigenvalue weighted by Crippen LogP contribution is -2.39. The van der Waals surface area contributed by atoms with E-state index in [0.29, 0.717) is 28.7 Å². The molecule has 176 valence electrons. The first-order chi connectivity index (χ1) is 16.5. The van der Waals surface area contributed by atoms with Gasteiger partial charge in [-0.2, -0.15) is 0 Å². The van der Waals surface area contributed by atoms with E-state index >= 15 is 0 Å². The maximum atomic E-state index is 13.0. The summed E-state index contributed by atoms with van der Waals surface area (Å²) < 4.78 is 1.78. The SMILES string of the molecule is O=C(N[C@H]1CCC[C@H]1n1cc(CC(C(=O)O)C2CC2)nn1)c1ccnc(-c2ccc(Cl)cc2)n1. The molecule has 1 aromatic carbocycles. The Morgan fingerprint density at radius 2 is 1.94 bits per heavy atom. The van der Waals surface area contributed by atoms with Crippen molar-refractivity contribution in [3.63, 3.8) is 0 Å². The van der Waals surface area contributed by atoms with Crippen LogP contribution in [-0.4, -0.2) is 48.0 Å². The third-order valence-electron chi connectivity index (χ3n) is 6.62. The molecule has 34 heavy (non-hydrogen) atoms. The number of aliphatic carboxylic acids is 1. The van der Waals surface area contributed by atoms with Gasteiger partial charge in [-0.05, 0) is 68.4 Å². The van der Waals surface area contributed by atoms with Gasteiger partial charge in [-0.25, -0.2) is 14.6 Å². The van der Waals surface area contributed by atoms with E-state index < -0.39 is 11.9 Å². The van der Waals surface area contributed by atoms with E-state index in [1.165, 1.54) is 0 Å². The van der Waals surface area contributed by atoms with Crippen LogP contribution in [0.5, 0.6) is 0 Å². The average Bonchev–Trinajstić information content (AvgIpc) is 3.39. The fourth-order valence-corrected chi connectivity index (χ4v) is 4.77. The molecule has 2 aliphatic rings. The normalized spacial score (nSPS) is 20.7. The maximum absolute atomic E-state index is 13.0. The quantitative estimate of drug-likeness (QED) is 0.505. The molecule has 0 spiro atoms. The number of nitrogens with zero attached hydrogens (tertiary/aromatic N) is 5. The van der Waals surface area contributed by atoms with Gasteiger partial charge < -0.3 is 10.4 Å². The molecule has 2 saturated carbocycles. The van der Waals surface area contributed by atoms with Crippen molar-refractivity contribution in [2.45, 2.75) is 50.6 Å². The molecule has 3 aromatic rings. The number of benzene rings is 1. The van der Waals surface area contributed by atoms with Crippen molar-refractivity contribution in [2.24, 2.45) is 11.8 Å². The zero-order valence-corrected chi connectivity index (χ0v) is 19.2. The van der Waals surface area contributed by atoms with Crippen LogP contribution in [-0.2, 0) is 11.2 Å². The molecule has 9 nitrogen and oxygen atoms in total. The topological polar surface area (TPSA) is 123 Å². The lowest BCUT2D eigenvalue weighted by Gasteiger charge is -2.20. The summed E-state index contributed by atoms with van der Waals surface area (Å²) in [4.78, 5) is 33.3. The van der Waals surface area contributed by atoms with Crippen molar-refractivity contribution in [1.82, 2.24) is 30.3 Å². The molecule has 10 heteroatoms. The highest BCUT2D eigenvalue weighted by molar-refractivity contribution is 6.30. The molecular formula is C24H25ClN6O3. The number of aromatic nitrogens is 5. The van der Waals surface area contributed by atoms with Crippen LogP contribution < -0.4 is 5.32 Å². The van der Waals surface area contributed by atoms with Gasteiger partial charge in [0, 0.05) is 29.4 Å². The third kappa shape index (κ3) is 4.94. The Labute approximate surface area is 201 Å². The number of hydrogen-bond acceptors (Lipinski definition) is 6. The van der Waals surface area contributed by atoms with Crippen LogP contribution in [0.15, 0.2) is 42.7 Å². The van der Waals surface area contributed by atoms with Crippen LogP contribution in [0.1, 0.15) is 54.3 Å². The Morgan fingerprint density at radius 1 is 1.15 bits per heavy atom. The number of rotatable bonds is 8. The molecule has 2 N–H and O–H groups in total. The van der Waals surface area contributed by atoms with Crippen LogP contribution in [0, 0.1) is 11.8 Å². The minimum Gasteiger partial charge on any atom is -0.481 e. The molecule has 0 saturated heterocycles. The van der Waals surface area contributed by atoms with Gasteiger partial charge in [0.1, 0.15) is 5.69 Å². The Morgan fingerprint density at radius 3 is 2.68 bits per heavy atom. The summed E-state index contributed by atoms with van der Waals surface area (Å²) in [5.74, 6) is -0.749. The van der Waals surface area contributed by atoms with E-state index in [-0.39, 0.29) is 23.9 Å². The molecule has 0 aliphatic heterocycles. The van der Waals surface area contributed by atoms with Crippen molar-refractivity contribution in [2.75, 3.05) is 0 Å². The highest BCUT2D eigenvalue weighted by atomic mass is 35.5. The summed E-state index contributed by atoms with van der Waals surface area (Å²) in [5, 5.41) is 21.7. The molecule has 0 bridgehead atoms. The van der Waals surface area contributed by atoms with Gasteiger partial charge in [-0.1, -0.05) is 16.8 Å². The first-order valence-electron chi connectivity index (χ1n) is 11.5. The second-order valence-electron chi connectivity index (χ2n) is 9.03. The molecule has 2 fully saturated rings. The second-order valence-corrected chi connectivity index (χ2v) is 9.46. The summed E-state index contributed by atoms with van der Waals surface area (Å²) in [6.45, 7) is 0. The number of carboxylic acids is 1. The number of carboxylic acid groups (broad SMARTS) is 1. The maximum Gasteiger partial charge on any atom is 0.307 e. The van der Waals surface area contributed by atoms with Gasteiger partial charge in [-0.3, -0.25) is 9.59 Å². The summed E-state index contributed by atoms with van der Waals surface area (Å²) >= 11 is 5.95. The van der Waals surface area contributed by atoms with Gasteiger partial charge in [0.25, 0.3) is 5.91 Å². The Bertz CT molecular complexity index is 1190. The molecule has 1 amide bonds. The van der Waals surface area contributed by atoms with Crippen LogP contribution in [0.2, 0.25) is 5.02 Å². The number of halogens is 1. The number of amides is 1. The first kappa shape index (κ1) is 22.5. The average molecular weight is 481 g/mol. The standard InChI is InChI=1S/C24H25ClN6O3/c25-16-8-6-15(7-9-16)22-26-11-10-20(27-22)23(32)28-19-2-1-3-21(19)31-13-17(29-30-31)12-18(24(33)34)14-4-5-14/h6-11,13-14,18-19,21H,1-5,12H2,(H,28,32)(H,33,34)/t18?,19-,21+/m0/s1. The van der Waals surface area contributed by atoms with Crippen molar-refractivity contribution in [3.05, 3.63) is 59.1 Å². The molecule has 5 rings (SSSR count). The van der Waals surface area contributed by atoms with E-state index in [2.05, 4.69) is 25.6 Å². The summed E-state index contributed by atoms with van der Waals surface area (Å²) in [5.41, 5.74) is 1.75. The molecule has 0 radical (unpaired) electrons. The lowest BCUT2D eigenvalue weighted by atomic mass is 9.98. The highest BCUT2D eigenvalue weighted by Crippen LogP contribution is 2.38. The van der Waals surface area contributed by atoms with E-state index in [1.807, 2.05) is 18.3 Å². The second kappa shape index (κ2) is 9.50. The molecule has 2 aromatic heterocycles. The van der Waals surface area contributed by atoms with E-state index in [4.69, 9.17) is 11.6 Å². The Hall–Kier alpha value is -3.33. The van der Waals surface area contributed by atoms with Gasteiger partial charge in [0.2, 0.25) is 0 Å². The number of nitrogens with one attached hydrogen (secondary N) is 1. The monoisotopic (exact) mass is 480 g/mol. The molecular weight excluding hydrogens is 456 g/mol. The van der Waals surface area contributed by atoms with Crippen molar-refractivity contribution >= 4 is 23.5 Å². The smallest absolute Gasteiger partial charge is 0.307 e. The fourth-order valence-electron chi connectivity index (χ4n) is 4.64. The van der Waals surface area contributed by atoms with E-state index in [9.17, 15) is 14.7 Å². The van der Waals surface area contributed by atoms with Crippen molar-refractivity contribution < 1.29 is 14.7 Å². The highest BCUT2D eigenvalue weighted by Gasteiger charge is 2.37. The van der Waals surface area contributed by atoms with E-state index in [0.717, 1.165) is 37.7 Å². The minimum absolute atomic E-state index is 0.0352. The zero-order chi connectivity index (χ0) is 23.7. The largest absolute Gasteiger partial charge is 0.481 e. The van der Waals surface area contributed by atoms with Gasteiger partial charge in [0.15, 0.2) is 5.82 Å². The summed E-state index contributed by atoms with van der Waals surface area (Å²) in [6, 6.07) is 8.58. The minimum atomic E-state index is -0.772. The summed E-state index contributed by atoms with van der Waals surface area (Å²) in [6.07, 6.45) is 8.34. The number of carbonyl (C=O) groups excluding carboxylic acids is 1. The van der Waals surface area contributed by atoms with Crippen LogP contribution in [0.3, 0.4) is 0 Å². The molecule has 2 heterocycles. The zero-order valence-electron chi connectivity index (χ0n) is 18.5. The Kier molecular flexibility index (Phi) is 6.28. The lowest BCUT2D eigenvalue weighted by molar-refractivity contribution is -0.142. The molecule has 3 atom stereocenters. The number of hydrogen-bond donors (Lipinski definition) is 2. The first-order valence-corrected chi connectivity index (χ1v) is 11.9. The van der Waals surface area contributed by atoms with Crippen molar-refractivity contribution in [3.8, 4) is 11.4 Å². The number of carbonyl (C=O) groups is 2. The summed E-state index contributed by atoms with van der Waals surface area (Å²) in [7, 11) is 0. The molecule has 2 aliphatic carbocycles. The third-order valence-corrected chi connectivity index (χ3v) is 6.87. The molecule has 1 unspecified atom stereocenters. The Balaban J connectivity index is 1.26. The predicted octanol–water partition coefficient (Wildman–Crippen LogP) is 3.57. The van der Waals surface area contributed by atoms with Gasteiger partial charge in [0.05, 0.1) is 23.7 Å². The van der Waals surface area contributed by atoms with Crippen molar-refractivity contribution in [1.29, 1.82) is 0 Å². The predicted molar refractivity (Wildman–Crippen MR) is 124 cm³/mol. The van der Waals surface area contributed by atoms with Crippen LogP contribution in [0.25, 0.3) is 11.4 Å². The van der Waals surface area contributed by atoms with Crippen LogP contribution in [0.4, 0.5) is 0 Å². The van der Waals surface area contributed by atoms with E-state index in [1.54, 1.807) is 29.1 Å².